The van der Waals surface area contributed by atoms with Gasteiger partial charge in [-0.3, -0.25) is 4.99 Å². The van der Waals surface area contributed by atoms with E-state index in [0.29, 0.717) is 23.3 Å². The maximum absolute atomic E-state index is 11.3. The molecule has 0 aliphatic heterocycles. The number of phenols is 1. The lowest BCUT2D eigenvalue weighted by Gasteiger charge is -2.50. The van der Waals surface area contributed by atoms with E-state index in [-0.39, 0.29) is 17.2 Å². The molecule has 0 heterocycles. The van der Waals surface area contributed by atoms with Crippen LogP contribution >= 0.6 is 0 Å². The first-order valence-electron chi connectivity index (χ1n) is 11.2. The van der Waals surface area contributed by atoms with Crippen LogP contribution in [0, 0.1) is 17.3 Å². The molecule has 5 rings (SSSR count). The summed E-state index contributed by atoms with van der Waals surface area (Å²) in [6.07, 6.45) is 6.66. The Bertz CT molecular complexity index is 971. The summed E-state index contributed by atoms with van der Waals surface area (Å²) in [5.41, 5.74) is 3.56. The standard InChI is InChI=1S/C26H31NO3/c1-26-12-11-20-19-10-8-18(30-2)13-16(19)7-9-21(20)22(26)14-23(25(26)29)27-15-17-5-3-4-6-24(17)28/h3-6,8,10,13,15,20-23,25,28-29H,7,9,11-12,14H2,1-2H3/t20-,21-,22+,23+,25-,26+/m1/s1. The summed E-state index contributed by atoms with van der Waals surface area (Å²) in [6, 6.07) is 13.7. The zero-order valence-electron chi connectivity index (χ0n) is 17.8. The number of nitrogens with zero attached hydrogens (tertiary/aromatic N) is 1. The van der Waals surface area contributed by atoms with E-state index in [1.165, 1.54) is 17.5 Å². The monoisotopic (exact) mass is 405 g/mol. The topological polar surface area (TPSA) is 62.0 Å². The Morgan fingerprint density at radius 2 is 2.00 bits per heavy atom. The molecule has 4 nitrogen and oxygen atoms in total. The summed E-state index contributed by atoms with van der Waals surface area (Å²) in [5.74, 6) is 2.84. The molecule has 3 aliphatic carbocycles. The van der Waals surface area contributed by atoms with E-state index < -0.39 is 6.10 Å². The number of benzene rings is 2. The molecule has 2 aromatic rings. The molecule has 0 saturated heterocycles. The molecule has 0 amide bonds. The Labute approximate surface area is 178 Å². The van der Waals surface area contributed by atoms with Gasteiger partial charge in [-0.1, -0.05) is 25.1 Å². The number of aliphatic hydroxyl groups is 1. The Morgan fingerprint density at radius 3 is 2.80 bits per heavy atom. The number of aromatic hydroxyl groups is 1. The van der Waals surface area contributed by atoms with Crippen LogP contribution < -0.4 is 4.74 Å². The van der Waals surface area contributed by atoms with Gasteiger partial charge in [-0.15, -0.1) is 0 Å². The van der Waals surface area contributed by atoms with Gasteiger partial charge in [0.15, 0.2) is 0 Å². The first-order valence-corrected chi connectivity index (χ1v) is 11.2. The van der Waals surface area contributed by atoms with Crippen molar-refractivity contribution in [2.24, 2.45) is 22.2 Å². The number of rotatable bonds is 3. The molecule has 4 heteroatoms. The van der Waals surface area contributed by atoms with Gasteiger partial charge in [0.05, 0.1) is 19.3 Å². The van der Waals surface area contributed by atoms with Gasteiger partial charge in [-0.2, -0.15) is 0 Å². The number of hydrogen-bond donors (Lipinski definition) is 2. The molecular weight excluding hydrogens is 374 g/mol. The van der Waals surface area contributed by atoms with Gasteiger partial charge in [0.1, 0.15) is 11.5 Å². The second-order valence-corrected chi connectivity index (χ2v) is 9.61. The van der Waals surface area contributed by atoms with Crippen LogP contribution in [0.4, 0.5) is 0 Å². The third-order valence-corrected chi connectivity index (χ3v) is 8.25. The highest BCUT2D eigenvalue weighted by Crippen LogP contribution is 2.61. The zero-order chi connectivity index (χ0) is 20.9. The quantitative estimate of drug-likeness (QED) is 0.727. The SMILES string of the molecule is COc1ccc2c(c1)CC[C@@H]1[C@@H]2CC[C@]2(C)[C@H](O)[C@@H](N=Cc3ccccc3O)C[C@@H]12. The van der Waals surface area contributed by atoms with E-state index in [0.717, 1.165) is 31.4 Å². The molecule has 2 N–H and O–H groups in total. The Kier molecular flexibility index (Phi) is 4.85. The third kappa shape index (κ3) is 3.04. The predicted molar refractivity (Wildman–Crippen MR) is 118 cm³/mol. The van der Waals surface area contributed by atoms with Gasteiger partial charge >= 0.3 is 0 Å². The maximum atomic E-state index is 11.3. The number of fused-ring (bicyclic) bond motifs is 5. The van der Waals surface area contributed by atoms with Crippen molar-refractivity contribution in [3.05, 3.63) is 59.2 Å². The first kappa shape index (κ1) is 19.6. The summed E-state index contributed by atoms with van der Waals surface area (Å²) in [4.78, 5) is 4.76. The van der Waals surface area contributed by atoms with Gasteiger partial charge in [-0.05, 0) is 90.7 Å². The highest BCUT2D eigenvalue weighted by Gasteiger charge is 2.58. The lowest BCUT2D eigenvalue weighted by atomic mass is 9.55. The van der Waals surface area contributed by atoms with Crippen LogP contribution in [0.2, 0.25) is 0 Å². The van der Waals surface area contributed by atoms with Crippen LogP contribution in [-0.2, 0) is 6.42 Å². The van der Waals surface area contributed by atoms with Gasteiger partial charge in [0.2, 0.25) is 0 Å². The molecule has 0 spiro atoms. The number of aliphatic imine (C=N–C) groups is 1. The Hall–Kier alpha value is -2.33. The lowest BCUT2D eigenvalue weighted by molar-refractivity contribution is -0.0254. The molecule has 0 unspecified atom stereocenters. The van der Waals surface area contributed by atoms with Crippen LogP contribution in [0.25, 0.3) is 0 Å². The average Bonchev–Trinajstić information content (AvgIpc) is 3.03. The molecule has 6 atom stereocenters. The molecule has 2 fully saturated rings. The number of methoxy groups -OCH3 is 1. The van der Waals surface area contributed by atoms with Crippen LogP contribution in [0.15, 0.2) is 47.5 Å². The second-order valence-electron chi connectivity index (χ2n) is 9.61. The highest BCUT2D eigenvalue weighted by molar-refractivity contribution is 5.83. The Morgan fingerprint density at radius 1 is 1.17 bits per heavy atom. The van der Waals surface area contributed by atoms with Gasteiger partial charge < -0.3 is 14.9 Å². The number of hydrogen-bond acceptors (Lipinski definition) is 4. The first-order chi connectivity index (χ1) is 14.5. The number of aryl methyl sites for hydroxylation is 1. The molecule has 0 aromatic heterocycles. The molecule has 158 valence electrons. The zero-order valence-corrected chi connectivity index (χ0v) is 17.8. The normalized spacial score (nSPS) is 35.0. The minimum Gasteiger partial charge on any atom is -0.507 e. The van der Waals surface area contributed by atoms with Gasteiger partial charge in [0.25, 0.3) is 0 Å². The lowest BCUT2D eigenvalue weighted by Crippen LogP contribution is -2.44. The molecule has 2 saturated carbocycles. The smallest absolute Gasteiger partial charge is 0.124 e. The number of aliphatic hydroxyl groups excluding tert-OH is 1. The van der Waals surface area contributed by atoms with E-state index >= 15 is 0 Å². The molecular formula is C26H31NO3. The van der Waals surface area contributed by atoms with Crippen LogP contribution in [-0.4, -0.2) is 35.7 Å². The minimum atomic E-state index is -0.428. The molecule has 3 aliphatic rings. The number of para-hydroxylation sites is 1. The van der Waals surface area contributed by atoms with E-state index in [9.17, 15) is 10.2 Å². The van der Waals surface area contributed by atoms with Gasteiger partial charge in [-0.25, -0.2) is 0 Å². The van der Waals surface area contributed by atoms with Crippen LogP contribution in [0.1, 0.15) is 55.2 Å². The summed E-state index contributed by atoms with van der Waals surface area (Å²) in [5, 5.41) is 21.3. The van der Waals surface area contributed by atoms with Gasteiger partial charge in [0, 0.05) is 11.8 Å². The van der Waals surface area contributed by atoms with Crippen molar-refractivity contribution in [1.29, 1.82) is 0 Å². The third-order valence-electron chi connectivity index (χ3n) is 8.25. The fraction of sp³-hybridized carbons (Fsp3) is 0.500. The summed E-state index contributed by atoms with van der Waals surface area (Å²) >= 11 is 0. The number of phenolic OH excluding ortho intramolecular Hbond substituents is 1. The largest absolute Gasteiger partial charge is 0.507 e. The van der Waals surface area contributed by atoms with Crippen molar-refractivity contribution in [2.45, 2.75) is 57.1 Å². The molecule has 30 heavy (non-hydrogen) atoms. The van der Waals surface area contributed by atoms with Crippen molar-refractivity contribution < 1.29 is 14.9 Å². The van der Waals surface area contributed by atoms with E-state index in [4.69, 9.17) is 9.73 Å². The van der Waals surface area contributed by atoms with Crippen LogP contribution in [0.3, 0.4) is 0 Å². The predicted octanol–water partition coefficient (Wildman–Crippen LogP) is 4.72. The van der Waals surface area contributed by atoms with E-state index in [2.05, 4.69) is 25.1 Å². The van der Waals surface area contributed by atoms with Crippen LogP contribution in [0.5, 0.6) is 11.5 Å². The summed E-state index contributed by atoms with van der Waals surface area (Å²) < 4.78 is 5.43. The van der Waals surface area contributed by atoms with Crippen molar-refractivity contribution in [2.75, 3.05) is 7.11 Å². The van der Waals surface area contributed by atoms with E-state index in [1.807, 2.05) is 18.2 Å². The van der Waals surface area contributed by atoms with Crippen molar-refractivity contribution in [3.63, 3.8) is 0 Å². The maximum Gasteiger partial charge on any atom is 0.124 e. The summed E-state index contributed by atoms with van der Waals surface area (Å²) in [6.45, 7) is 2.28. The number of ether oxygens (including phenoxy) is 1. The average molecular weight is 406 g/mol. The van der Waals surface area contributed by atoms with Crippen molar-refractivity contribution in [3.8, 4) is 11.5 Å². The fourth-order valence-corrected chi connectivity index (χ4v) is 6.59. The second kappa shape index (κ2) is 7.42. The molecule has 0 bridgehead atoms. The summed E-state index contributed by atoms with van der Waals surface area (Å²) in [7, 11) is 1.73. The molecule has 0 radical (unpaired) electrons. The van der Waals surface area contributed by atoms with Crippen molar-refractivity contribution >= 4 is 6.21 Å². The van der Waals surface area contributed by atoms with Crippen molar-refractivity contribution in [1.82, 2.24) is 0 Å². The minimum absolute atomic E-state index is 0.0775. The fourth-order valence-electron chi connectivity index (χ4n) is 6.59. The highest BCUT2D eigenvalue weighted by atomic mass is 16.5. The van der Waals surface area contributed by atoms with E-state index in [1.54, 1.807) is 19.4 Å². The molecule has 2 aromatic carbocycles. The Balaban J connectivity index is 1.40.